The molecule has 0 amide bonds. The van der Waals surface area contributed by atoms with Crippen LogP contribution in [0.1, 0.15) is 17.0 Å². The smallest absolute Gasteiger partial charge is 0.138 e. The Bertz CT molecular complexity index is 617. The molecule has 2 aromatic rings. The Kier molecular flexibility index (Phi) is 4.32. The standard InChI is InChI=1S/C14H14BrClN2O/c1-8-5-10(15)12(6-11(8)16)17-7-13-14(19)4-3-9(2)18-13/h3-6,17,19H,7H2,1-2H3. The van der Waals surface area contributed by atoms with E-state index in [-0.39, 0.29) is 5.75 Å². The number of rotatable bonds is 3. The minimum Gasteiger partial charge on any atom is -0.506 e. The molecular weight excluding hydrogens is 328 g/mol. The highest BCUT2D eigenvalue weighted by atomic mass is 79.9. The number of aromatic nitrogens is 1. The molecule has 0 saturated heterocycles. The van der Waals surface area contributed by atoms with E-state index in [9.17, 15) is 5.11 Å². The van der Waals surface area contributed by atoms with Crippen molar-refractivity contribution >= 4 is 33.2 Å². The van der Waals surface area contributed by atoms with Gasteiger partial charge in [-0.25, -0.2) is 0 Å². The van der Waals surface area contributed by atoms with E-state index < -0.39 is 0 Å². The van der Waals surface area contributed by atoms with Crippen molar-refractivity contribution in [1.82, 2.24) is 4.98 Å². The number of hydrogen-bond donors (Lipinski definition) is 2. The molecule has 0 aliphatic rings. The van der Waals surface area contributed by atoms with Crippen LogP contribution >= 0.6 is 27.5 Å². The molecule has 3 nitrogen and oxygen atoms in total. The Morgan fingerprint density at radius 2 is 2.05 bits per heavy atom. The fourth-order valence-corrected chi connectivity index (χ4v) is 2.46. The zero-order valence-corrected chi connectivity index (χ0v) is 13.0. The highest BCUT2D eigenvalue weighted by Gasteiger charge is 2.07. The van der Waals surface area contributed by atoms with E-state index in [1.807, 2.05) is 26.0 Å². The van der Waals surface area contributed by atoms with Crippen LogP contribution in [0, 0.1) is 13.8 Å². The second-order valence-corrected chi connectivity index (χ2v) is 5.61. The molecule has 0 aliphatic heterocycles. The Labute approximate surface area is 125 Å². The summed E-state index contributed by atoms with van der Waals surface area (Å²) in [6.45, 7) is 4.28. The minimum absolute atomic E-state index is 0.187. The maximum Gasteiger partial charge on any atom is 0.138 e. The third kappa shape index (κ3) is 3.39. The monoisotopic (exact) mass is 340 g/mol. The van der Waals surface area contributed by atoms with Gasteiger partial charge in [-0.3, -0.25) is 4.98 Å². The molecule has 0 saturated carbocycles. The predicted octanol–water partition coefficient (Wildman–Crippen LogP) is 4.43. The first-order chi connectivity index (χ1) is 8.97. The number of anilines is 1. The number of pyridine rings is 1. The normalized spacial score (nSPS) is 10.5. The lowest BCUT2D eigenvalue weighted by Gasteiger charge is -2.11. The van der Waals surface area contributed by atoms with Gasteiger partial charge in [-0.15, -0.1) is 0 Å². The summed E-state index contributed by atoms with van der Waals surface area (Å²) in [5, 5.41) is 13.7. The van der Waals surface area contributed by atoms with E-state index in [4.69, 9.17) is 11.6 Å². The van der Waals surface area contributed by atoms with Gasteiger partial charge in [0.15, 0.2) is 0 Å². The summed E-state index contributed by atoms with van der Waals surface area (Å²) in [5.41, 5.74) is 3.37. The van der Waals surface area contributed by atoms with Crippen molar-refractivity contribution < 1.29 is 5.11 Å². The summed E-state index contributed by atoms with van der Waals surface area (Å²) in [6, 6.07) is 7.23. The average Bonchev–Trinajstić information content (AvgIpc) is 2.36. The number of nitrogens with zero attached hydrogens (tertiary/aromatic N) is 1. The minimum atomic E-state index is 0.187. The lowest BCUT2D eigenvalue weighted by Crippen LogP contribution is -2.03. The zero-order chi connectivity index (χ0) is 14.0. The molecule has 0 atom stereocenters. The van der Waals surface area contributed by atoms with Crippen molar-refractivity contribution in [3.05, 3.63) is 50.7 Å². The van der Waals surface area contributed by atoms with E-state index in [2.05, 4.69) is 26.2 Å². The van der Waals surface area contributed by atoms with E-state index in [0.29, 0.717) is 17.3 Å². The lowest BCUT2D eigenvalue weighted by atomic mass is 10.2. The molecule has 5 heteroatoms. The van der Waals surface area contributed by atoms with Gasteiger partial charge in [-0.2, -0.15) is 0 Å². The van der Waals surface area contributed by atoms with Crippen molar-refractivity contribution in [2.75, 3.05) is 5.32 Å². The van der Waals surface area contributed by atoms with Crippen molar-refractivity contribution in [3.63, 3.8) is 0 Å². The molecular formula is C14H14BrClN2O. The zero-order valence-electron chi connectivity index (χ0n) is 10.7. The fraction of sp³-hybridized carbons (Fsp3) is 0.214. The molecule has 0 aliphatic carbocycles. The number of nitrogens with one attached hydrogen (secondary N) is 1. The Balaban J connectivity index is 2.19. The average molecular weight is 342 g/mol. The summed E-state index contributed by atoms with van der Waals surface area (Å²) in [5.74, 6) is 0.187. The van der Waals surface area contributed by atoms with Crippen LogP contribution in [0.3, 0.4) is 0 Å². The first-order valence-electron chi connectivity index (χ1n) is 5.82. The van der Waals surface area contributed by atoms with Gasteiger partial charge in [0.2, 0.25) is 0 Å². The quantitative estimate of drug-likeness (QED) is 0.868. The molecule has 0 unspecified atom stereocenters. The first-order valence-corrected chi connectivity index (χ1v) is 6.99. The van der Waals surface area contributed by atoms with Crippen molar-refractivity contribution in [2.45, 2.75) is 20.4 Å². The number of hydrogen-bond acceptors (Lipinski definition) is 3. The van der Waals surface area contributed by atoms with Crippen LogP contribution in [0.15, 0.2) is 28.7 Å². The molecule has 0 spiro atoms. The molecule has 0 radical (unpaired) electrons. The van der Waals surface area contributed by atoms with Gasteiger partial charge in [0.1, 0.15) is 11.4 Å². The van der Waals surface area contributed by atoms with Crippen LogP contribution in [0.5, 0.6) is 5.75 Å². The van der Waals surface area contributed by atoms with Crippen LogP contribution in [0.2, 0.25) is 5.02 Å². The largest absolute Gasteiger partial charge is 0.506 e. The van der Waals surface area contributed by atoms with E-state index >= 15 is 0 Å². The summed E-state index contributed by atoms with van der Waals surface area (Å²) >= 11 is 9.58. The highest BCUT2D eigenvalue weighted by Crippen LogP contribution is 2.29. The molecule has 2 N–H and O–H groups in total. The molecule has 100 valence electrons. The van der Waals surface area contributed by atoms with Crippen LogP contribution in [0.4, 0.5) is 5.69 Å². The van der Waals surface area contributed by atoms with Gasteiger partial charge in [-0.05, 0) is 59.6 Å². The SMILES string of the molecule is Cc1ccc(O)c(CNc2cc(Cl)c(C)cc2Br)n1. The summed E-state index contributed by atoms with van der Waals surface area (Å²) in [7, 11) is 0. The number of aromatic hydroxyl groups is 1. The first kappa shape index (κ1) is 14.2. The molecule has 19 heavy (non-hydrogen) atoms. The van der Waals surface area contributed by atoms with E-state index in [1.54, 1.807) is 12.1 Å². The molecule has 1 aromatic carbocycles. The topological polar surface area (TPSA) is 45.1 Å². The van der Waals surface area contributed by atoms with E-state index in [1.165, 1.54) is 0 Å². The molecule has 2 rings (SSSR count). The second kappa shape index (κ2) is 5.80. The van der Waals surface area contributed by atoms with Gasteiger partial charge in [0, 0.05) is 15.2 Å². The third-order valence-electron chi connectivity index (χ3n) is 2.78. The van der Waals surface area contributed by atoms with Crippen LogP contribution in [-0.4, -0.2) is 10.1 Å². The fourth-order valence-electron chi connectivity index (χ4n) is 1.69. The van der Waals surface area contributed by atoms with Crippen molar-refractivity contribution in [2.24, 2.45) is 0 Å². The van der Waals surface area contributed by atoms with Gasteiger partial charge in [-0.1, -0.05) is 11.6 Å². The number of aryl methyl sites for hydroxylation is 2. The van der Waals surface area contributed by atoms with Gasteiger partial charge < -0.3 is 10.4 Å². The molecule has 1 aromatic heterocycles. The summed E-state index contributed by atoms with van der Waals surface area (Å²) in [4.78, 5) is 4.30. The Hall–Kier alpha value is -1.26. The van der Waals surface area contributed by atoms with Gasteiger partial charge in [0.25, 0.3) is 0 Å². The Morgan fingerprint density at radius 1 is 1.32 bits per heavy atom. The summed E-state index contributed by atoms with van der Waals surface area (Å²) < 4.78 is 0.932. The van der Waals surface area contributed by atoms with Crippen molar-refractivity contribution in [1.29, 1.82) is 0 Å². The van der Waals surface area contributed by atoms with Crippen LogP contribution < -0.4 is 5.32 Å². The van der Waals surface area contributed by atoms with Gasteiger partial charge >= 0.3 is 0 Å². The Morgan fingerprint density at radius 3 is 2.79 bits per heavy atom. The molecule has 0 bridgehead atoms. The maximum atomic E-state index is 9.74. The highest BCUT2D eigenvalue weighted by molar-refractivity contribution is 9.10. The van der Waals surface area contributed by atoms with Crippen LogP contribution in [0.25, 0.3) is 0 Å². The van der Waals surface area contributed by atoms with E-state index in [0.717, 1.165) is 21.4 Å². The molecule has 1 heterocycles. The number of halogens is 2. The predicted molar refractivity (Wildman–Crippen MR) is 81.9 cm³/mol. The van der Waals surface area contributed by atoms with Crippen molar-refractivity contribution in [3.8, 4) is 5.75 Å². The third-order valence-corrected chi connectivity index (χ3v) is 3.85. The van der Waals surface area contributed by atoms with Crippen LogP contribution in [-0.2, 0) is 6.54 Å². The van der Waals surface area contributed by atoms with Gasteiger partial charge in [0.05, 0.1) is 12.2 Å². The second-order valence-electron chi connectivity index (χ2n) is 4.35. The summed E-state index contributed by atoms with van der Waals surface area (Å²) in [6.07, 6.45) is 0. The number of benzene rings is 1. The molecule has 0 fully saturated rings. The lowest BCUT2D eigenvalue weighted by molar-refractivity contribution is 0.464. The maximum absolute atomic E-state index is 9.74.